The first-order valence-electron chi connectivity index (χ1n) is 6.05. The summed E-state index contributed by atoms with van der Waals surface area (Å²) in [6.07, 6.45) is 0. The maximum Gasteiger partial charge on any atom is 0.250 e. The lowest BCUT2D eigenvalue weighted by atomic mass is 10.1. The van der Waals surface area contributed by atoms with Crippen molar-refractivity contribution in [1.29, 1.82) is 0 Å². The SMILES string of the molecule is COCc1cccc(Oc2ccc(N)c(C(N)=O)c2)c1. The molecule has 4 N–H and O–H groups in total. The molecule has 0 aliphatic rings. The zero-order chi connectivity index (χ0) is 14.5. The summed E-state index contributed by atoms with van der Waals surface area (Å²) >= 11 is 0. The van der Waals surface area contributed by atoms with E-state index in [4.69, 9.17) is 20.9 Å². The molecule has 2 rings (SSSR count). The van der Waals surface area contributed by atoms with Gasteiger partial charge in [-0.05, 0) is 35.9 Å². The van der Waals surface area contributed by atoms with Gasteiger partial charge in [-0.15, -0.1) is 0 Å². The Labute approximate surface area is 117 Å². The van der Waals surface area contributed by atoms with Gasteiger partial charge < -0.3 is 20.9 Å². The van der Waals surface area contributed by atoms with E-state index in [1.54, 1.807) is 19.2 Å². The molecule has 0 atom stereocenters. The normalized spacial score (nSPS) is 10.2. The maximum absolute atomic E-state index is 11.2. The quantitative estimate of drug-likeness (QED) is 0.817. The monoisotopic (exact) mass is 272 g/mol. The average molecular weight is 272 g/mol. The summed E-state index contributed by atoms with van der Waals surface area (Å²) in [6, 6.07) is 12.3. The summed E-state index contributed by atoms with van der Waals surface area (Å²) in [4.78, 5) is 11.2. The number of amides is 1. The summed E-state index contributed by atoms with van der Waals surface area (Å²) < 4.78 is 10.8. The number of carbonyl (C=O) groups is 1. The third-order valence-electron chi connectivity index (χ3n) is 2.74. The maximum atomic E-state index is 11.2. The van der Waals surface area contributed by atoms with E-state index in [1.165, 1.54) is 6.07 Å². The van der Waals surface area contributed by atoms with E-state index in [0.29, 0.717) is 23.8 Å². The minimum Gasteiger partial charge on any atom is -0.457 e. The van der Waals surface area contributed by atoms with Crippen molar-refractivity contribution in [1.82, 2.24) is 0 Å². The molecular formula is C15H16N2O3. The molecule has 0 saturated heterocycles. The topological polar surface area (TPSA) is 87.6 Å². The van der Waals surface area contributed by atoms with E-state index in [1.807, 2.05) is 24.3 Å². The number of nitrogen functional groups attached to an aromatic ring is 1. The minimum atomic E-state index is -0.582. The van der Waals surface area contributed by atoms with Crippen molar-refractivity contribution in [2.24, 2.45) is 5.73 Å². The molecule has 0 fully saturated rings. The van der Waals surface area contributed by atoms with E-state index >= 15 is 0 Å². The van der Waals surface area contributed by atoms with Crippen LogP contribution >= 0.6 is 0 Å². The molecule has 0 spiro atoms. The second kappa shape index (κ2) is 6.08. The Morgan fingerprint density at radius 1 is 1.15 bits per heavy atom. The average Bonchev–Trinajstić information content (AvgIpc) is 2.41. The summed E-state index contributed by atoms with van der Waals surface area (Å²) in [7, 11) is 1.63. The number of benzene rings is 2. The van der Waals surface area contributed by atoms with Crippen LogP contribution in [0.4, 0.5) is 5.69 Å². The Kier molecular flexibility index (Phi) is 4.22. The Morgan fingerprint density at radius 2 is 1.90 bits per heavy atom. The van der Waals surface area contributed by atoms with Crippen LogP contribution in [0.1, 0.15) is 15.9 Å². The van der Waals surface area contributed by atoms with Crippen LogP contribution in [-0.2, 0) is 11.3 Å². The standard InChI is InChI=1S/C15H16N2O3/c1-19-9-10-3-2-4-11(7-10)20-12-5-6-14(16)13(8-12)15(17)18/h2-8H,9,16H2,1H3,(H2,17,18). The van der Waals surface area contributed by atoms with Gasteiger partial charge in [0, 0.05) is 12.8 Å². The summed E-state index contributed by atoms with van der Waals surface area (Å²) in [5.41, 5.74) is 12.5. The molecule has 20 heavy (non-hydrogen) atoms. The largest absolute Gasteiger partial charge is 0.457 e. The number of primary amides is 1. The van der Waals surface area contributed by atoms with E-state index in [0.717, 1.165) is 5.56 Å². The molecule has 2 aromatic carbocycles. The number of carbonyl (C=O) groups excluding carboxylic acids is 1. The van der Waals surface area contributed by atoms with Crippen molar-refractivity contribution in [2.75, 3.05) is 12.8 Å². The summed E-state index contributed by atoms with van der Waals surface area (Å²) in [6.45, 7) is 0.505. The zero-order valence-electron chi connectivity index (χ0n) is 11.1. The lowest BCUT2D eigenvalue weighted by Gasteiger charge is -2.09. The van der Waals surface area contributed by atoms with Gasteiger partial charge in [0.05, 0.1) is 12.2 Å². The van der Waals surface area contributed by atoms with E-state index < -0.39 is 5.91 Å². The van der Waals surface area contributed by atoms with Crippen molar-refractivity contribution in [3.8, 4) is 11.5 Å². The summed E-state index contributed by atoms with van der Waals surface area (Å²) in [5, 5.41) is 0. The van der Waals surface area contributed by atoms with Gasteiger partial charge in [0.2, 0.25) is 0 Å². The number of rotatable bonds is 5. The van der Waals surface area contributed by atoms with Crippen LogP contribution < -0.4 is 16.2 Å². The third kappa shape index (κ3) is 3.27. The first-order chi connectivity index (χ1) is 9.60. The highest BCUT2D eigenvalue weighted by atomic mass is 16.5. The summed E-state index contributed by atoms with van der Waals surface area (Å²) in [5.74, 6) is 0.573. The molecule has 2 aromatic rings. The number of ether oxygens (including phenoxy) is 2. The highest BCUT2D eigenvalue weighted by Gasteiger charge is 2.08. The van der Waals surface area contributed by atoms with Gasteiger partial charge in [-0.3, -0.25) is 4.79 Å². The van der Waals surface area contributed by atoms with Gasteiger partial charge in [-0.1, -0.05) is 12.1 Å². The van der Waals surface area contributed by atoms with E-state index in [9.17, 15) is 4.79 Å². The Balaban J connectivity index is 2.23. The van der Waals surface area contributed by atoms with Crippen LogP contribution in [0.3, 0.4) is 0 Å². The van der Waals surface area contributed by atoms with Crippen LogP contribution in [0.25, 0.3) is 0 Å². The smallest absolute Gasteiger partial charge is 0.250 e. The van der Waals surface area contributed by atoms with Gasteiger partial charge in [0.15, 0.2) is 0 Å². The number of hydrogen-bond acceptors (Lipinski definition) is 4. The van der Waals surface area contributed by atoms with Gasteiger partial charge in [0.1, 0.15) is 11.5 Å². The van der Waals surface area contributed by atoms with Crippen LogP contribution in [0.2, 0.25) is 0 Å². The molecule has 0 aliphatic carbocycles. The van der Waals surface area contributed by atoms with Crippen LogP contribution in [0, 0.1) is 0 Å². The van der Waals surface area contributed by atoms with E-state index in [2.05, 4.69) is 0 Å². The van der Waals surface area contributed by atoms with Crippen molar-refractivity contribution < 1.29 is 14.3 Å². The second-order valence-corrected chi connectivity index (χ2v) is 4.30. The molecule has 0 aromatic heterocycles. The predicted molar refractivity (Wildman–Crippen MR) is 76.6 cm³/mol. The van der Waals surface area contributed by atoms with Gasteiger partial charge in [-0.25, -0.2) is 0 Å². The van der Waals surface area contributed by atoms with Gasteiger partial charge in [-0.2, -0.15) is 0 Å². The van der Waals surface area contributed by atoms with Crippen molar-refractivity contribution >= 4 is 11.6 Å². The first-order valence-corrected chi connectivity index (χ1v) is 6.05. The van der Waals surface area contributed by atoms with Crippen molar-refractivity contribution in [2.45, 2.75) is 6.61 Å². The molecule has 0 aliphatic heterocycles. The molecule has 1 amide bonds. The predicted octanol–water partition coefficient (Wildman–Crippen LogP) is 2.31. The van der Waals surface area contributed by atoms with E-state index in [-0.39, 0.29) is 5.56 Å². The molecule has 0 unspecified atom stereocenters. The lowest BCUT2D eigenvalue weighted by Crippen LogP contribution is -2.13. The number of hydrogen-bond donors (Lipinski definition) is 2. The Bertz CT molecular complexity index is 626. The zero-order valence-corrected chi connectivity index (χ0v) is 11.1. The molecule has 0 bridgehead atoms. The van der Waals surface area contributed by atoms with Gasteiger partial charge >= 0.3 is 0 Å². The molecule has 0 heterocycles. The van der Waals surface area contributed by atoms with Crippen LogP contribution in [0.5, 0.6) is 11.5 Å². The molecule has 5 heteroatoms. The van der Waals surface area contributed by atoms with Gasteiger partial charge in [0.25, 0.3) is 5.91 Å². The number of methoxy groups -OCH3 is 1. The Morgan fingerprint density at radius 3 is 2.60 bits per heavy atom. The molecular weight excluding hydrogens is 256 g/mol. The second-order valence-electron chi connectivity index (χ2n) is 4.30. The highest BCUT2D eigenvalue weighted by Crippen LogP contribution is 2.25. The first kappa shape index (κ1) is 13.9. The molecule has 5 nitrogen and oxygen atoms in total. The fraction of sp³-hybridized carbons (Fsp3) is 0.133. The minimum absolute atomic E-state index is 0.246. The number of anilines is 1. The fourth-order valence-corrected chi connectivity index (χ4v) is 1.81. The molecule has 0 saturated carbocycles. The third-order valence-corrected chi connectivity index (χ3v) is 2.74. The van der Waals surface area contributed by atoms with Crippen molar-refractivity contribution in [3.63, 3.8) is 0 Å². The van der Waals surface area contributed by atoms with Crippen molar-refractivity contribution in [3.05, 3.63) is 53.6 Å². The van der Waals surface area contributed by atoms with Crippen LogP contribution in [-0.4, -0.2) is 13.0 Å². The fourth-order valence-electron chi connectivity index (χ4n) is 1.81. The molecule has 0 radical (unpaired) electrons. The van der Waals surface area contributed by atoms with Crippen LogP contribution in [0.15, 0.2) is 42.5 Å². The molecule has 104 valence electrons. The Hall–Kier alpha value is -2.53. The number of nitrogens with two attached hydrogens (primary N) is 2. The highest BCUT2D eigenvalue weighted by molar-refractivity contribution is 5.98. The lowest BCUT2D eigenvalue weighted by molar-refractivity contribution is 0.100.